The lowest BCUT2D eigenvalue weighted by atomic mass is 10.3. The van der Waals surface area contributed by atoms with Crippen molar-refractivity contribution < 1.29 is 14.3 Å². The highest BCUT2D eigenvalue weighted by molar-refractivity contribution is 6.30. The zero-order valence-corrected chi connectivity index (χ0v) is 13.0. The Hall–Kier alpha value is -2.35. The SMILES string of the molecule is CCn1cc(NC(=O)CCn2cc(Cl)cn2)c(C(=O)OC)n1. The summed E-state index contributed by atoms with van der Waals surface area (Å²) in [6.45, 7) is 2.83. The predicted molar refractivity (Wildman–Crippen MR) is 79.7 cm³/mol. The Labute approximate surface area is 132 Å². The summed E-state index contributed by atoms with van der Waals surface area (Å²) in [4.78, 5) is 23.6. The number of aryl methyl sites for hydroxylation is 2. The number of aromatic nitrogens is 4. The molecule has 0 bridgehead atoms. The Bertz CT molecular complexity index is 679. The minimum absolute atomic E-state index is 0.0832. The maximum absolute atomic E-state index is 12.0. The van der Waals surface area contributed by atoms with Gasteiger partial charge in [0.2, 0.25) is 5.91 Å². The fourth-order valence-electron chi connectivity index (χ4n) is 1.81. The second-order valence-electron chi connectivity index (χ2n) is 4.46. The molecule has 0 aliphatic heterocycles. The maximum Gasteiger partial charge on any atom is 0.360 e. The summed E-state index contributed by atoms with van der Waals surface area (Å²) in [6.07, 6.45) is 4.91. The number of esters is 1. The molecule has 0 radical (unpaired) electrons. The molecule has 0 aliphatic rings. The lowest BCUT2D eigenvalue weighted by Gasteiger charge is -2.04. The summed E-state index contributed by atoms with van der Waals surface area (Å²) in [6, 6.07) is 0. The van der Waals surface area contributed by atoms with Crippen LogP contribution in [0.25, 0.3) is 0 Å². The number of anilines is 1. The van der Waals surface area contributed by atoms with Crippen LogP contribution in [0.5, 0.6) is 0 Å². The van der Waals surface area contributed by atoms with Crippen LogP contribution in [0.2, 0.25) is 5.02 Å². The Kier molecular flexibility index (Phi) is 5.16. The van der Waals surface area contributed by atoms with Crippen molar-refractivity contribution in [2.75, 3.05) is 12.4 Å². The number of rotatable bonds is 6. The summed E-state index contributed by atoms with van der Waals surface area (Å²) in [5.74, 6) is -0.853. The molecule has 2 aromatic heterocycles. The standard InChI is InChI=1S/C13H16ClN5O3/c1-3-18-8-10(12(17-18)13(21)22-2)16-11(20)4-5-19-7-9(14)6-15-19/h6-8H,3-5H2,1-2H3,(H,16,20). The number of halogens is 1. The molecule has 0 aliphatic carbocycles. The fraction of sp³-hybridized carbons (Fsp3) is 0.385. The fourth-order valence-corrected chi connectivity index (χ4v) is 1.97. The monoisotopic (exact) mass is 325 g/mol. The molecule has 2 rings (SSSR count). The average Bonchev–Trinajstić information content (AvgIpc) is 3.10. The van der Waals surface area contributed by atoms with Gasteiger partial charge in [-0.15, -0.1) is 0 Å². The third-order valence-corrected chi connectivity index (χ3v) is 3.10. The highest BCUT2D eigenvalue weighted by atomic mass is 35.5. The molecule has 0 saturated heterocycles. The zero-order chi connectivity index (χ0) is 16.1. The molecule has 2 heterocycles. The van der Waals surface area contributed by atoms with E-state index in [9.17, 15) is 9.59 Å². The van der Waals surface area contributed by atoms with Gasteiger partial charge in [-0.3, -0.25) is 14.2 Å². The molecule has 0 saturated carbocycles. The number of hydrogen-bond donors (Lipinski definition) is 1. The quantitative estimate of drug-likeness (QED) is 0.814. The van der Waals surface area contributed by atoms with Crippen LogP contribution in [-0.4, -0.2) is 38.5 Å². The van der Waals surface area contributed by atoms with Gasteiger partial charge in [-0.1, -0.05) is 11.6 Å². The van der Waals surface area contributed by atoms with Crippen LogP contribution in [-0.2, 0) is 22.6 Å². The van der Waals surface area contributed by atoms with Gasteiger partial charge in [0.1, 0.15) is 0 Å². The molecule has 0 unspecified atom stereocenters. The van der Waals surface area contributed by atoms with Gasteiger partial charge >= 0.3 is 5.97 Å². The molecule has 8 nitrogen and oxygen atoms in total. The van der Waals surface area contributed by atoms with E-state index in [4.69, 9.17) is 11.6 Å². The van der Waals surface area contributed by atoms with Crippen LogP contribution >= 0.6 is 11.6 Å². The Balaban J connectivity index is 2.01. The maximum atomic E-state index is 12.0. The lowest BCUT2D eigenvalue weighted by molar-refractivity contribution is -0.116. The molecule has 1 amide bonds. The number of carbonyl (C=O) groups excluding carboxylic acids is 2. The number of carbonyl (C=O) groups is 2. The molecule has 0 fully saturated rings. The van der Waals surface area contributed by atoms with Crippen LogP contribution in [0.4, 0.5) is 5.69 Å². The molecule has 118 valence electrons. The lowest BCUT2D eigenvalue weighted by Crippen LogP contribution is -2.16. The van der Waals surface area contributed by atoms with Crippen LogP contribution in [0.3, 0.4) is 0 Å². The third kappa shape index (κ3) is 3.85. The van der Waals surface area contributed by atoms with Gasteiger partial charge in [0.15, 0.2) is 5.69 Å². The van der Waals surface area contributed by atoms with Crippen molar-refractivity contribution in [3.63, 3.8) is 0 Å². The van der Waals surface area contributed by atoms with Crippen LogP contribution in [0.1, 0.15) is 23.8 Å². The van der Waals surface area contributed by atoms with E-state index in [-0.39, 0.29) is 18.0 Å². The van der Waals surface area contributed by atoms with E-state index >= 15 is 0 Å². The van der Waals surface area contributed by atoms with Crippen molar-refractivity contribution in [3.8, 4) is 0 Å². The smallest absolute Gasteiger partial charge is 0.360 e. The third-order valence-electron chi connectivity index (χ3n) is 2.91. The molecular weight excluding hydrogens is 310 g/mol. The van der Waals surface area contributed by atoms with Gasteiger partial charge in [-0.05, 0) is 6.92 Å². The first-order chi connectivity index (χ1) is 10.5. The Morgan fingerprint density at radius 3 is 2.73 bits per heavy atom. The molecule has 0 aromatic carbocycles. The van der Waals surface area contributed by atoms with Gasteiger partial charge < -0.3 is 10.1 Å². The second-order valence-corrected chi connectivity index (χ2v) is 4.89. The van der Waals surface area contributed by atoms with Gasteiger partial charge in [0.05, 0.1) is 24.0 Å². The van der Waals surface area contributed by atoms with Gasteiger partial charge in [-0.2, -0.15) is 10.2 Å². The van der Waals surface area contributed by atoms with E-state index in [1.165, 1.54) is 13.3 Å². The molecule has 22 heavy (non-hydrogen) atoms. The molecule has 9 heteroatoms. The summed E-state index contributed by atoms with van der Waals surface area (Å²) in [5, 5.41) is 11.2. The van der Waals surface area contributed by atoms with Crippen molar-refractivity contribution in [1.29, 1.82) is 0 Å². The molecule has 0 spiro atoms. The number of ether oxygens (including phenoxy) is 1. The van der Waals surface area contributed by atoms with E-state index < -0.39 is 5.97 Å². The number of nitrogens with zero attached hydrogens (tertiary/aromatic N) is 4. The van der Waals surface area contributed by atoms with Crippen molar-refractivity contribution in [2.24, 2.45) is 0 Å². The normalized spacial score (nSPS) is 10.5. The summed E-state index contributed by atoms with van der Waals surface area (Å²) >= 11 is 5.75. The highest BCUT2D eigenvalue weighted by Gasteiger charge is 2.18. The number of amides is 1. The van der Waals surface area contributed by atoms with Crippen LogP contribution in [0.15, 0.2) is 18.6 Å². The van der Waals surface area contributed by atoms with Crippen molar-refractivity contribution in [3.05, 3.63) is 29.3 Å². The topological polar surface area (TPSA) is 91.0 Å². The summed E-state index contributed by atoms with van der Waals surface area (Å²) in [7, 11) is 1.26. The minimum Gasteiger partial charge on any atom is -0.464 e. The van der Waals surface area contributed by atoms with Gasteiger partial charge in [0, 0.05) is 31.9 Å². The van der Waals surface area contributed by atoms with Crippen molar-refractivity contribution >= 4 is 29.2 Å². The molecule has 2 aromatic rings. The zero-order valence-electron chi connectivity index (χ0n) is 12.2. The number of methoxy groups -OCH3 is 1. The van der Waals surface area contributed by atoms with E-state index in [1.54, 1.807) is 21.8 Å². The van der Waals surface area contributed by atoms with E-state index in [2.05, 4.69) is 20.3 Å². The van der Waals surface area contributed by atoms with E-state index in [0.29, 0.717) is 23.8 Å². The molecule has 1 N–H and O–H groups in total. The van der Waals surface area contributed by atoms with E-state index in [0.717, 1.165) is 0 Å². The highest BCUT2D eigenvalue weighted by Crippen LogP contribution is 2.15. The predicted octanol–water partition coefficient (Wildman–Crippen LogP) is 1.57. The summed E-state index contributed by atoms with van der Waals surface area (Å²) in [5.41, 5.74) is 0.414. The van der Waals surface area contributed by atoms with Crippen molar-refractivity contribution in [1.82, 2.24) is 19.6 Å². The van der Waals surface area contributed by atoms with Crippen LogP contribution in [0, 0.1) is 0 Å². The van der Waals surface area contributed by atoms with Gasteiger partial charge in [-0.25, -0.2) is 4.79 Å². The molecule has 0 atom stereocenters. The van der Waals surface area contributed by atoms with E-state index in [1.807, 2.05) is 6.92 Å². The Morgan fingerprint density at radius 1 is 1.36 bits per heavy atom. The van der Waals surface area contributed by atoms with Crippen LogP contribution < -0.4 is 5.32 Å². The first-order valence-electron chi connectivity index (χ1n) is 6.67. The Morgan fingerprint density at radius 2 is 2.14 bits per heavy atom. The average molecular weight is 326 g/mol. The minimum atomic E-state index is -0.596. The first-order valence-corrected chi connectivity index (χ1v) is 7.04. The van der Waals surface area contributed by atoms with Crippen molar-refractivity contribution in [2.45, 2.75) is 26.4 Å². The largest absolute Gasteiger partial charge is 0.464 e. The first kappa shape index (κ1) is 16.0. The number of hydrogen-bond acceptors (Lipinski definition) is 5. The second kappa shape index (κ2) is 7.08. The summed E-state index contributed by atoms with van der Waals surface area (Å²) < 4.78 is 7.77. The van der Waals surface area contributed by atoms with Gasteiger partial charge in [0.25, 0.3) is 0 Å². The molecular formula is C13H16ClN5O3. The number of nitrogens with one attached hydrogen (secondary N) is 1.